The summed E-state index contributed by atoms with van der Waals surface area (Å²) >= 11 is 12.3. The Bertz CT molecular complexity index is 1720. The fourth-order valence-electron chi connectivity index (χ4n) is 3.95. The minimum atomic E-state index is -4.70. The van der Waals surface area contributed by atoms with Gasteiger partial charge in [-0.25, -0.2) is 0 Å². The number of carbonyl (C=O) groups is 1. The van der Waals surface area contributed by atoms with Crippen LogP contribution in [0.5, 0.6) is 11.5 Å². The molecule has 9 nitrogen and oxygen atoms in total. The van der Waals surface area contributed by atoms with Gasteiger partial charge in [-0.3, -0.25) is 9.35 Å². The lowest BCUT2D eigenvalue weighted by atomic mass is 10.0. The highest BCUT2D eigenvalue weighted by atomic mass is 35.5. The number of aryl methyl sites for hydroxylation is 1. The Kier molecular flexibility index (Phi) is 8.41. The van der Waals surface area contributed by atoms with Crippen LogP contribution >= 0.6 is 23.2 Å². The van der Waals surface area contributed by atoms with Crippen molar-refractivity contribution in [3.63, 3.8) is 0 Å². The first kappa shape index (κ1) is 28.3. The number of rotatable bonds is 8. The second-order valence-corrected chi connectivity index (χ2v) is 10.5. The lowest BCUT2D eigenvalue weighted by Gasteiger charge is -2.13. The van der Waals surface area contributed by atoms with Crippen LogP contribution in [-0.2, 0) is 16.5 Å². The van der Waals surface area contributed by atoms with Crippen LogP contribution in [-0.4, -0.2) is 30.6 Å². The number of fused-ring (bicyclic) bond motifs is 1. The normalized spacial score (nSPS) is 11.7. The van der Waals surface area contributed by atoms with Crippen molar-refractivity contribution in [3.05, 3.63) is 81.8 Å². The molecule has 202 valence electrons. The summed E-state index contributed by atoms with van der Waals surface area (Å²) in [4.78, 5) is 12.7. The molecule has 0 heterocycles. The number of azo groups is 1. The molecule has 0 fully saturated rings. The molecule has 0 aliphatic carbocycles. The van der Waals surface area contributed by atoms with E-state index in [-0.39, 0.29) is 32.7 Å². The number of anilines is 1. The summed E-state index contributed by atoms with van der Waals surface area (Å²) in [6.07, 6.45) is 0.328. The van der Waals surface area contributed by atoms with E-state index < -0.39 is 26.7 Å². The molecule has 4 rings (SSSR count). The summed E-state index contributed by atoms with van der Waals surface area (Å²) in [5.74, 6) is -0.671. The van der Waals surface area contributed by atoms with Crippen molar-refractivity contribution < 1.29 is 27.6 Å². The third-order valence-electron chi connectivity index (χ3n) is 5.76. The molecule has 0 radical (unpaired) electrons. The van der Waals surface area contributed by atoms with E-state index in [4.69, 9.17) is 27.9 Å². The van der Waals surface area contributed by atoms with Crippen molar-refractivity contribution >= 4 is 67.1 Å². The monoisotopic (exact) mass is 587 g/mol. The minimum Gasteiger partial charge on any atom is -0.505 e. The molecule has 1 amide bonds. The summed E-state index contributed by atoms with van der Waals surface area (Å²) in [6, 6.07) is 15.7. The first-order valence-electron chi connectivity index (χ1n) is 11.7. The van der Waals surface area contributed by atoms with E-state index in [0.717, 1.165) is 6.07 Å². The molecule has 3 N–H and O–H groups in total. The molecule has 39 heavy (non-hydrogen) atoms. The first-order valence-corrected chi connectivity index (χ1v) is 13.9. The molecule has 0 aliphatic rings. The van der Waals surface area contributed by atoms with Crippen LogP contribution in [0, 0.1) is 0 Å². The van der Waals surface area contributed by atoms with Crippen molar-refractivity contribution in [1.82, 2.24) is 0 Å². The van der Waals surface area contributed by atoms with Gasteiger partial charge in [-0.2, -0.15) is 8.42 Å². The molecule has 0 atom stereocenters. The van der Waals surface area contributed by atoms with Gasteiger partial charge < -0.3 is 15.2 Å². The van der Waals surface area contributed by atoms with Crippen LogP contribution in [0.4, 0.5) is 17.1 Å². The van der Waals surface area contributed by atoms with Crippen LogP contribution in [0.15, 0.2) is 75.8 Å². The maximum absolute atomic E-state index is 13.3. The van der Waals surface area contributed by atoms with Crippen molar-refractivity contribution in [2.75, 3.05) is 11.9 Å². The number of hydrogen-bond acceptors (Lipinski definition) is 7. The SMILES string of the molecule is CCOc1ccc(Cl)c(NC(=O)c2cc3ccccc3c(N=Nc3c(CC)cc(Cl)cc3S(=O)(=O)O)c2O)c1. The molecule has 0 aliphatic heterocycles. The van der Waals surface area contributed by atoms with Crippen molar-refractivity contribution in [2.45, 2.75) is 25.2 Å². The Labute approximate surface area is 234 Å². The van der Waals surface area contributed by atoms with E-state index in [9.17, 15) is 22.9 Å². The Morgan fingerprint density at radius 1 is 1.00 bits per heavy atom. The molecule has 0 spiro atoms. The Morgan fingerprint density at radius 2 is 1.72 bits per heavy atom. The van der Waals surface area contributed by atoms with Gasteiger partial charge in [-0.1, -0.05) is 54.4 Å². The number of benzene rings is 4. The van der Waals surface area contributed by atoms with E-state index in [1.807, 2.05) is 6.92 Å². The molecule has 4 aromatic rings. The van der Waals surface area contributed by atoms with Gasteiger partial charge >= 0.3 is 0 Å². The summed E-state index contributed by atoms with van der Waals surface area (Å²) in [5.41, 5.74) is 0.339. The topological polar surface area (TPSA) is 138 Å². The van der Waals surface area contributed by atoms with Gasteiger partial charge in [0.15, 0.2) is 5.75 Å². The highest BCUT2D eigenvalue weighted by Gasteiger charge is 2.22. The molecule has 4 aromatic carbocycles. The molecular weight excluding hydrogens is 565 g/mol. The van der Waals surface area contributed by atoms with E-state index in [0.29, 0.717) is 35.1 Å². The quantitative estimate of drug-likeness (QED) is 0.142. The second kappa shape index (κ2) is 11.6. The number of aromatic hydroxyl groups is 1. The molecule has 12 heteroatoms. The van der Waals surface area contributed by atoms with Crippen LogP contribution in [0.25, 0.3) is 10.8 Å². The number of phenolic OH excluding ortho intramolecular Hbond substituents is 1. The number of ether oxygens (including phenoxy) is 1. The first-order chi connectivity index (χ1) is 18.5. The van der Waals surface area contributed by atoms with Gasteiger partial charge in [0, 0.05) is 16.5 Å². The number of carbonyl (C=O) groups excluding carboxylic acids is 1. The molecule has 0 aromatic heterocycles. The maximum Gasteiger partial charge on any atom is 0.296 e. The third kappa shape index (κ3) is 6.15. The van der Waals surface area contributed by atoms with E-state index in [1.54, 1.807) is 49.4 Å². The Hall–Kier alpha value is -3.70. The van der Waals surface area contributed by atoms with Crippen LogP contribution in [0.3, 0.4) is 0 Å². The zero-order chi connectivity index (χ0) is 28.3. The Balaban J connectivity index is 1.84. The second-order valence-electron chi connectivity index (χ2n) is 8.31. The fourth-order valence-corrected chi connectivity index (χ4v) is 5.11. The summed E-state index contributed by atoms with van der Waals surface area (Å²) in [6.45, 7) is 3.99. The zero-order valence-electron chi connectivity index (χ0n) is 20.8. The molecule has 0 bridgehead atoms. The number of nitrogens with one attached hydrogen (secondary N) is 1. The largest absolute Gasteiger partial charge is 0.505 e. The molecular formula is C27H23Cl2N3O6S. The van der Waals surface area contributed by atoms with Gasteiger partial charge in [0.25, 0.3) is 16.0 Å². The van der Waals surface area contributed by atoms with Gasteiger partial charge in [0.05, 0.1) is 22.9 Å². The van der Waals surface area contributed by atoms with E-state index in [2.05, 4.69) is 15.5 Å². The van der Waals surface area contributed by atoms with Crippen LogP contribution < -0.4 is 10.1 Å². The lowest BCUT2D eigenvalue weighted by molar-refractivity contribution is 0.102. The smallest absolute Gasteiger partial charge is 0.296 e. The number of phenols is 1. The number of halogens is 2. The predicted octanol–water partition coefficient (Wildman–Crippen LogP) is 7.73. The highest BCUT2D eigenvalue weighted by Crippen LogP contribution is 2.41. The van der Waals surface area contributed by atoms with Crippen LogP contribution in [0.2, 0.25) is 10.0 Å². The van der Waals surface area contributed by atoms with Crippen molar-refractivity contribution in [2.24, 2.45) is 10.2 Å². The van der Waals surface area contributed by atoms with E-state index in [1.165, 1.54) is 12.1 Å². The third-order valence-corrected chi connectivity index (χ3v) is 7.18. The fraction of sp³-hybridized carbons (Fsp3) is 0.148. The summed E-state index contributed by atoms with van der Waals surface area (Å²) < 4.78 is 39.3. The van der Waals surface area contributed by atoms with Gasteiger partial charge in [0.2, 0.25) is 0 Å². The Morgan fingerprint density at radius 3 is 2.41 bits per heavy atom. The van der Waals surface area contributed by atoms with Gasteiger partial charge in [-0.05, 0) is 54.6 Å². The van der Waals surface area contributed by atoms with Gasteiger partial charge in [-0.15, -0.1) is 10.2 Å². The standard InChI is InChI=1S/C27H23Cl2N3O6S/c1-3-15-11-17(28)13-23(39(35,36)37)24(15)31-32-25-19-8-6-5-7-16(19)12-20(26(25)33)27(34)30-22-14-18(38-4-2)9-10-21(22)29/h5-14,33H,3-4H2,1-2H3,(H,30,34)(H,35,36,37). The van der Waals surface area contributed by atoms with Crippen molar-refractivity contribution in [3.8, 4) is 11.5 Å². The average Bonchev–Trinajstić information content (AvgIpc) is 2.89. The number of nitrogens with zero attached hydrogens (tertiary/aromatic N) is 2. The zero-order valence-corrected chi connectivity index (χ0v) is 23.1. The predicted molar refractivity (Wildman–Crippen MR) is 151 cm³/mol. The number of hydrogen-bond donors (Lipinski definition) is 3. The van der Waals surface area contributed by atoms with Gasteiger partial charge in [0.1, 0.15) is 22.0 Å². The molecule has 0 saturated heterocycles. The molecule has 0 saturated carbocycles. The lowest BCUT2D eigenvalue weighted by Crippen LogP contribution is -2.13. The minimum absolute atomic E-state index is 0.0781. The number of amides is 1. The van der Waals surface area contributed by atoms with E-state index >= 15 is 0 Å². The average molecular weight is 588 g/mol. The summed E-state index contributed by atoms with van der Waals surface area (Å²) in [7, 11) is -4.70. The maximum atomic E-state index is 13.3. The highest BCUT2D eigenvalue weighted by molar-refractivity contribution is 7.86. The summed E-state index contributed by atoms with van der Waals surface area (Å²) in [5, 5.41) is 23.5. The molecule has 0 unspecified atom stereocenters. The van der Waals surface area contributed by atoms with Crippen molar-refractivity contribution in [1.29, 1.82) is 0 Å². The van der Waals surface area contributed by atoms with Crippen LogP contribution in [0.1, 0.15) is 29.8 Å².